The van der Waals surface area contributed by atoms with Crippen LogP contribution in [0.5, 0.6) is 17.2 Å². The van der Waals surface area contributed by atoms with Gasteiger partial charge in [-0.25, -0.2) is 14.9 Å². The smallest absolute Gasteiger partial charge is 0.284 e. The van der Waals surface area contributed by atoms with Gasteiger partial charge in [0.15, 0.2) is 16.6 Å². The molecule has 0 saturated carbocycles. The molecule has 8 heteroatoms. The zero-order valence-corrected chi connectivity index (χ0v) is 19.6. The van der Waals surface area contributed by atoms with Gasteiger partial charge in [-0.1, -0.05) is 53.8 Å². The molecule has 0 aliphatic carbocycles. The third-order valence-electron chi connectivity index (χ3n) is 5.36. The Labute approximate surface area is 200 Å². The molecule has 34 heavy (non-hydrogen) atoms. The first kappa shape index (κ1) is 21.7. The van der Waals surface area contributed by atoms with Crippen LogP contribution in [0.3, 0.4) is 0 Å². The normalized spacial score (nSPS) is 14.6. The second-order valence-corrected chi connectivity index (χ2v) is 8.40. The maximum Gasteiger partial charge on any atom is 0.284 e. The number of rotatable bonds is 6. The van der Waals surface area contributed by atoms with Gasteiger partial charge in [-0.15, -0.1) is 0 Å². The quantitative estimate of drug-likeness (QED) is 0.363. The fourth-order valence-electron chi connectivity index (χ4n) is 3.77. The van der Waals surface area contributed by atoms with Gasteiger partial charge in [0, 0.05) is 5.56 Å². The largest absolute Gasteiger partial charge is 0.493 e. The molecular weight excluding hydrogens is 450 g/mol. The van der Waals surface area contributed by atoms with Gasteiger partial charge >= 0.3 is 0 Å². The van der Waals surface area contributed by atoms with Gasteiger partial charge in [0.05, 0.1) is 31.5 Å². The number of para-hydroxylation sites is 1. The Morgan fingerprint density at radius 3 is 2.21 bits per heavy atom. The molecule has 1 aliphatic heterocycles. The number of benzene rings is 3. The maximum absolute atomic E-state index is 13.6. The van der Waals surface area contributed by atoms with Gasteiger partial charge in [0.1, 0.15) is 11.5 Å². The lowest BCUT2D eigenvalue weighted by molar-refractivity contribution is -0.113. The van der Waals surface area contributed by atoms with Crippen molar-refractivity contribution >= 4 is 44.5 Å². The number of aliphatic imine (C=N–C) groups is 1. The van der Waals surface area contributed by atoms with Gasteiger partial charge in [-0.3, -0.25) is 4.79 Å². The fourth-order valence-corrected chi connectivity index (χ4v) is 4.74. The van der Waals surface area contributed by atoms with E-state index in [1.165, 1.54) is 11.3 Å². The van der Waals surface area contributed by atoms with Crippen LogP contribution in [0.1, 0.15) is 11.1 Å². The molecule has 1 aliphatic rings. The number of fused-ring (bicyclic) bond motifs is 1. The summed E-state index contributed by atoms with van der Waals surface area (Å²) in [5.41, 5.74) is 2.64. The maximum atomic E-state index is 13.6. The second-order valence-electron chi connectivity index (χ2n) is 7.39. The first-order chi connectivity index (χ1) is 16.6. The highest BCUT2D eigenvalue weighted by Crippen LogP contribution is 2.39. The molecule has 4 aromatic rings. The van der Waals surface area contributed by atoms with Gasteiger partial charge in [-0.2, -0.15) is 0 Å². The van der Waals surface area contributed by atoms with Crippen molar-refractivity contribution in [2.45, 2.75) is 0 Å². The minimum atomic E-state index is -0.258. The summed E-state index contributed by atoms with van der Waals surface area (Å²) >= 11 is 1.45. The van der Waals surface area contributed by atoms with Crippen LogP contribution >= 0.6 is 11.3 Å². The van der Waals surface area contributed by atoms with E-state index in [0.717, 1.165) is 15.8 Å². The summed E-state index contributed by atoms with van der Waals surface area (Å²) in [7, 11) is 4.65. The summed E-state index contributed by atoms with van der Waals surface area (Å²) in [5, 5.41) is 0.571. The molecule has 0 N–H and O–H groups in total. The van der Waals surface area contributed by atoms with Crippen LogP contribution in [0.25, 0.3) is 16.3 Å². The van der Waals surface area contributed by atoms with E-state index < -0.39 is 0 Å². The standard InChI is InChI=1S/C26H21N3O4S/c1-31-20-14-16(15-21(32-2)23(20)33-3)13-19-25(30)29(24(27-19)17-9-5-4-6-10-17)26-28-18-11-7-8-12-22(18)34-26/h4-15H,1-3H3/b19-13-. The first-order valence-corrected chi connectivity index (χ1v) is 11.3. The highest BCUT2D eigenvalue weighted by Gasteiger charge is 2.34. The van der Waals surface area contributed by atoms with Crippen molar-refractivity contribution in [3.8, 4) is 17.2 Å². The molecule has 2 heterocycles. The molecule has 0 fully saturated rings. The molecule has 0 bridgehead atoms. The van der Waals surface area contributed by atoms with E-state index in [1.54, 1.807) is 44.4 Å². The van der Waals surface area contributed by atoms with Gasteiger partial charge in [0.25, 0.3) is 5.91 Å². The summed E-state index contributed by atoms with van der Waals surface area (Å²) in [4.78, 5) is 24.6. The summed E-state index contributed by atoms with van der Waals surface area (Å²) < 4.78 is 17.3. The van der Waals surface area contributed by atoms with E-state index in [1.807, 2.05) is 54.6 Å². The van der Waals surface area contributed by atoms with Crippen molar-refractivity contribution in [2.24, 2.45) is 4.99 Å². The molecule has 0 unspecified atom stereocenters. The molecule has 0 radical (unpaired) electrons. The van der Waals surface area contributed by atoms with Crippen LogP contribution in [-0.2, 0) is 4.79 Å². The number of hydrogen-bond acceptors (Lipinski definition) is 7. The fraction of sp³-hybridized carbons (Fsp3) is 0.115. The van der Waals surface area contributed by atoms with Crippen molar-refractivity contribution in [1.82, 2.24) is 4.98 Å². The van der Waals surface area contributed by atoms with E-state index in [2.05, 4.69) is 0 Å². The molecule has 170 valence electrons. The number of amidine groups is 1. The molecule has 3 aromatic carbocycles. The lowest BCUT2D eigenvalue weighted by Gasteiger charge is -2.15. The zero-order chi connectivity index (χ0) is 23.7. The average Bonchev–Trinajstić information content (AvgIpc) is 3.44. The Kier molecular flexibility index (Phi) is 5.73. The Hall–Kier alpha value is -4.17. The second kappa shape index (κ2) is 8.99. The number of ether oxygens (including phenoxy) is 3. The van der Waals surface area contributed by atoms with Gasteiger partial charge in [0.2, 0.25) is 5.75 Å². The Bertz CT molecular complexity index is 1380. The van der Waals surface area contributed by atoms with E-state index in [0.29, 0.717) is 33.8 Å². The highest BCUT2D eigenvalue weighted by atomic mass is 32.1. The number of anilines is 1. The van der Waals surface area contributed by atoms with Gasteiger partial charge < -0.3 is 14.2 Å². The first-order valence-electron chi connectivity index (χ1n) is 10.5. The molecule has 5 rings (SSSR count). The minimum Gasteiger partial charge on any atom is -0.493 e. The number of hydrogen-bond donors (Lipinski definition) is 0. The Morgan fingerprint density at radius 1 is 0.882 bits per heavy atom. The summed E-state index contributed by atoms with van der Waals surface area (Å²) in [5.74, 6) is 1.74. The topological polar surface area (TPSA) is 73.2 Å². The number of thiazole rings is 1. The minimum absolute atomic E-state index is 0.258. The molecule has 7 nitrogen and oxygen atoms in total. The monoisotopic (exact) mass is 471 g/mol. The van der Waals surface area contributed by atoms with Crippen molar-refractivity contribution in [2.75, 3.05) is 26.2 Å². The van der Waals surface area contributed by atoms with E-state index in [4.69, 9.17) is 24.2 Å². The number of nitrogens with zero attached hydrogens (tertiary/aromatic N) is 3. The number of carbonyl (C=O) groups excluding carboxylic acids is 1. The SMILES string of the molecule is COc1cc(/C=C2\N=C(c3ccccc3)N(c3nc4ccccc4s3)C2=O)cc(OC)c1OC. The molecule has 0 spiro atoms. The lowest BCUT2D eigenvalue weighted by atomic mass is 10.1. The Balaban J connectivity index is 1.63. The third-order valence-corrected chi connectivity index (χ3v) is 6.38. The van der Waals surface area contributed by atoms with Crippen LogP contribution in [0.2, 0.25) is 0 Å². The van der Waals surface area contributed by atoms with E-state index >= 15 is 0 Å². The molecule has 1 aromatic heterocycles. The summed E-state index contributed by atoms with van der Waals surface area (Å²) in [6.45, 7) is 0. The lowest BCUT2D eigenvalue weighted by Crippen LogP contribution is -2.32. The number of amides is 1. The van der Waals surface area contributed by atoms with Crippen LogP contribution < -0.4 is 19.1 Å². The number of methoxy groups -OCH3 is 3. The predicted octanol–water partition coefficient (Wildman–Crippen LogP) is 5.16. The molecule has 0 atom stereocenters. The average molecular weight is 472 g/mol. The Morgan fingerprint density at radius 2 is 1.56 bits per heavy atom. The predicted molar refractivity (Wildman–Crippen MR) is 134 cm³/mol. The van der Waals surface area contributed by atoms with Crippen LogP contribution in [0.4, 0.5) is 5.13 Å². The van der Waals surface area contributed by atoms with Crippen LogP contribution in [0, 0.1) is 0 Å². The molecular formula is C26H21N3O4S. The summed E-state index contributed by atoms with van der Waals surface area (Å²) in [6, 6.07) is 21.0. The molecule has 0 saturated heterocycles. The van der Waals surface area contributed by atoms with Crippen molar-refractivity contribution in [3.05, 3.63) is 83.6 Å². The van der Waals surface area contributed by atoms with Crippen molar-refractivity contribution in [3.63, 3.8) is 0 Å². The number of aromatic nitrogens is 1. The van der Waals surface area contributed by atoms with Crippen molar-refractivity contribution < 1.29 is 19.0 Å². The van der Waals surface area contributed by atoms with Crippen LogP contribution in [-0.4, -0.2) is 38.1 Å². The summed E-state index contributed by atoms with van der Waals surface area (Å²) in [6.07, 6.45) is 1.71. The van der Waals surface area contributed by atoms with Crippen LogP contribution in [0.15, 0.2) is 77.4 Å². The van der Waals surface area contributed by atoms with Crippen molar-refractivity contribution in [1.29, 1.82) is 0 Å². The van der Waals surface area contributed by atoms with E-state index in [-0.39, 0.29) is 11.6 Å². The highest BCUT2D eigenvalue weighted by molar-refractivity contribution is 7.22. The third kappa shape index (κ3) is 3.78. The number of carbonyl (C=O) groups is 1. The van der Waals surface area contributed by atoms with E-state index in [9.17, 15) is 4.79 Å². The zero-order valence-electron chi connectivity index (χ0n) is 18.8. The van der Waals surface area contributed by atoms with Gasteiger partial charge in [-0.05, 0) is 35.9 Å². The molecule has 1 amide bonds.